The van der Waals surface area contributed by atoms with Gasteiger partial charge < -0.3 is 10.4 Å². The molecule has 1 atom stereocenters. The maximum absolute atomic E-state index is 12.1. The molecule has 0 unspecified atom stereocenters. The molecule has 0 aliphatic carbocycles. The first-order valence-electron chi connectivity index (χ1n) is 20.0. The Morgan fingerprint density at radius 2 is 0.795 bits per heavy atom. The maximum Gasteiger partial charge on any atom is 0.220 e. The van der Waals surface area contributed by atoms with Crippen LogP contribution in [0.25, 0.3) is 0 Å². The van der Waals surface area contributed by atoms with Crippen LogP contribution in [0.4, 0.5) is 0 Å². The Labute approximate surface area is 276 Å². The number of carbonyl (C=O) groups excluding carboxylic acids is 1. The van der Waals surface area contributed by atoms with Gasteiger partial charge in [0.2, 0.25) is 5.91 Å². The Hall–Kier alpha value is -1.09. The van der Waals surface area contributed by atoms with Crippen molar-refractivity contribution in [2.24, 2.45) is 0 Å². The van der Waals surface area contributed by atoms with Crippen LogP contribution in [-0.2, 0) is 4.79 Å². The number of hydrogen-bond acceptors (Lipinski definition) is 2. The van der Waals surface area contributed by atoms with Gasteiger partial charge >= 0.3 is 0 Å². The number of allylic oxidation sites excluding steroid dienone is 3. The average molecular weight is 618 g/mol. The van der Waals surface area contributed by atoms with Crippen LogP contribution in [0.1, 0.15) is 219 Å². The molecule has 3 nitrogen and oxygen atoms in total. The van der Waals surface area contributed by atoms with Gasteiger partial charge in [-0.25, -0.2) is 0 Å². The van der Waals surface area contributed by atoms with Gasteiger partial charge in [0.25, 0.3) is 0 Å². The third-order valence-electron chi connectivity index (χ3n) is 9.01. The number of carbonyl (C=O) groups is 1. The van der Waals surface area contributed by atoms with Crippen molar-refractivity contribution in [3.8, 4) is 0 Å². The van der Waals surface area contributed by atoms with Crippen LogP contribution in [-0.4, -0.2) is 23.7 Å². The van der Waals surface area contributed by atoms with Crippen molar-refractivity contribution in [1.82, 2.24) is 5.32 Å². The summed E-state index contributed by atoms with van der Waals surface area (Å²) in [4.78, 5) is 12.1. The maximum atomic E-state index is 12.1. The van der Waals surface area contributed by atoms with Crippen LogP contribution in [0.3, 0.4) is 0 Å². The summed E-state index contributed by atoms with van der Waals surface area (Å²) in [7, 11) is 0. The molecule has 0 bridgehead atoms. The van der Waals surface area contributed by atoms with Gasteiger partial charge in [0.1, 0.15) is 0 Å². The summed E-state index contributed by atoms with van der Waals surface area (Å²) in [6.45, 7) is 4.90. The van der Waals surface area contributed by atoms with E-state index >= 15 is 0 Å². The van der Waals surface area contributed by atoms with Gasteiger partial charge in [-0.2, -0.15) is 0 Å². The van der Waals surface area contributed by atoms with Crippen molar-refractivity contribution >= 4 is 5.91 Å². The van der Waals surface area contributed by atoms with E-state index in [-0.39, 0.29) is 5.91 Å². The van der Waals surface area contributed by atoms with Gasteiger partial charge in [0.05, 0.1) is 6.10 Å². The predicted octanol–water partition coefficient (Wildman–Crippen LogP) is 13.1. The minimum absolute atomic E-state index is 0.0797. The fourth-order valence-electron chi connectivity index (χ4n) is 5.97. The molecule has 0 aromatic heterocycles. The lowest BCUT2D eigenvalue weighted by atomic mass is 10.0. The van der Waals surface area contributed by atoms with Gasteiger partial charge in [-0.3, -0.25) is 4.79 Å². The minimum Gasteiger partial charge on any atom is -0.387 e. The fraction of sp³-hybridized carbons (Fsp3) is 0.878. The number of rotatable bonds is 36. The number of aliphatic hydroxyl groups excluding tert-OH is 1. The molecule has 0 aliphatic rings. The summed E-state index contributed by atoms with van der Waals surface area (Å²) in [6.07, 6.45) is 49.9. The van der Waals surface area contributed by atoms with Crippen LogP contribution in [0.15, 0.2) is 24.3 Å². The topological polar surface area (TPSA) is 49.3 Å². The van der Waals surface area contributed by atoms with E-state index in [0.717, 1.165) is 19.3 Å². The van der Waals surface area contributed by atoms with Crippen molar-refractivity contribution in [2.75, 3.05) is 6.54 Å². The minimum atomic E-state index is -0.566. The molecule has 0 aromatic rings. The SMILES string of the molecule is CCCCCCCC/C=C\CCCCCCCCCCCCCC(=O)NC[C@@H](O)/C=C\CCCCCCCCCCCCC. The molecule has 0 radical (unpaired) electrons. The summed E-state index contributed by atoms with van der Waals surface area (Å²) >= 11 is 0. The van der Waals surface area contributed by atoms with Crippen LogP contribution in [0, 0.1) is 0 Å². The zero-order valence-corrected chi connectivity index (χ0v) is 30.1. The third-order valence-corrected chi connectivity index (χ3v) is 9.01. The van der Waals surface area contributed by atoms with Crippen molar-refractivity contribution in [2.45, 2.75) is 225 Å². The molecule has 3 heteroatoms. The van der Waals surface area contributed by atoms with E-state index in [1.54, 1.807) is 0 Å². The van der Waals surface area contributed by atoms with E-state index in [9.17, 15) is 9.90 Å². The summed E-state index contributed by atoms with van der Waals surface area (Å²) in [5.74, 6) is 0.0797. The van der Waals surface area contributed by atoms with Gasteiger partial charge in [0, 0.05) is 13.0 Å². The van der Waals surface area contributed by atoms with Crippen LogP contribution in [0.5, 0.6) is 0 Å². The van der Waals surface area contributed by atoms with E-state index in [1.165, 1.54) is 180 Å². The first-order valence-corrected chi connectivity index (χ1v) is 20.0. The van der Waals surface area contributed by atoms with Crippen LogP contribution >= 0.6 is 0 Å². The molecule has 0 saturated heterocycles. The van der Waals surface area contributed by atoms with Gasteiger partial charge in [0.15, 0.2) is 0 Å². The number of unbranched alkanes of at least 4 members (excludes halogenated alkanes) is 28. The average Bonchev–Trinajstić information content (AvgIpc) is 3.03. The van der Waals surface area contributed by atoms with E-state index in [2.05, 4.69) is 37.4 Å². The number of aliphatic hydroxyl groups is 1. The Balaban J connectivity index is 3.33. The molecule has 0 aromatic carbocycles. The second-order valence-electron chi connectivity index (χ2n) is 13.6. The molecule has 0 heterocycles. The van der Waals surface area contributed by atoms with Crippen LogP contribution in [0.2, 0.25) is 0 Å². The highest BCUT2D eigenvalue weighted by Gasteiger charge is 2.04. The number of nitrogens with one attached hydrogen (secondary N) is 1. The second-order valence-corrected chi connectivity index (χ2v) is 13.6. The molecule has 1 amide bonds. The van der Waals surface area contributed by atoms with Crippen LogP contribution < -0.4 is 5.32 Å². The van der Waals surface area contributed by atoms with E-state index in [1.807, 2.05) is 6.08 Å². The standard InChI is InChI=1S/C41H79NO2/c1-3-5-7-9-11-13-15-17-18-19-20-21-22-23-24-26-28-30-32-34-36-38-41(44)42-39-40(43)37-35-33-31-29-27-25-16-14-12-10-8-6-4-2/h17-18,35,37,40,43H,3-16,19-34,36,38-39H2,1-2H3,(H,42,44)/b18-17-,37-35-/t40-/m0/s1. The smallest absolute Gasteiger partial charge is 0.220 e. The molecule has 260 valence electrons. The second kappa shape index (κ2) is 38.1. The fourth-order valence-corrected chi connectivity index (χ4v) is 5.97. The lowest BCUT2D eigenvalue weighted by Gasteiger charge is -2.08. The molecule has 0 fully saturated rings. The first kappa shape index (κ1) is 42.9. The third kappa shape index (κ3) is 37.1. The Morgan fingerprint density at radius 1 is 0.477 bits per heavy atom. The monoisotopic (exact) mass is 618 g/mol. The Bertz CT molecular complexity index is 614. The highest BCUT2D eigenvalue weighted by atomic mass is 16.3. The highest BCUT2D eigenvalue weighted by Crippen LogP contribution is 2.14. The highest BCUT2D eigenvalue weighted by molar-refractivity contribution is 5.75. The van der Waals surface area contributed by atoms with Gasteiger partial charge in [-0.15, -0.1) is 0 Å². The molecular weight excluding hydrogens is 538 g/mol. The zero-order valence-electron chi connectivity index (χ0n) is 30.1. The molecular formula is C41H79NO2. The molecule has 0 aliphatic heterocycles. The predicted molar refractivity (Wildman–Crippen MR) is 196 cm³/mol. The van der Waals surface area contributed by atoms with Crippen molar-refractivity contribution < 1.29 is 9.90 Å². The Morgan fingerprint density at radius 3 is 1.18 bits per heavy atom. The number of hydrogen-bond donors (Lipinski definition) is 2. The lowest BCUT2D eigenvalue weighted by molar-refractivity contribution is -0.121. The lowest BCUT2D eigenvalue weighted by Crippen LogP contribution is -2.30. The van der Waals surface area contributed by atoms with E-state index in [4.69, 9.17) is 0 Å². The van der Waals surface area contributed by atoms with Crippen molar-refractivity contribution in [3.05, 3.63) is 24.3 Å². The molecule has 2 N–H and O–H groups in total. The van der Waals surface area contributed by atoms with E-state index in [0.29, 0.717) is 13.0 Å². The van der Waals surface area contributed by atoms with Crippen molar-refractivity contribution in [3.63, 3.8) is 0 Å². The van der Waals surface area contributed by atoms with Gasteiger partial charge in [-0.05, 0) is 44.9 Å². The molecule has 0 saturated carbocycles. The molecule has 44 heavy (non-hydrogen) atoms. The van der Waals surface area contributed by atoms with E-state index < -0.39 is 6.10 Å². The largest absolute Gasteiger partial charge is 0.387 e. The summed E-state index contributed by atoms with van der Waals surface area (Å²) in [6, 6.07) is 0. The van der Waals surface area contributed by atoms with Crippen molar-refractivity contribution in [1.29, 1.82) is 0 Å². The summed E-state index contributed by atoms with van der Waals surface area (Å²) < 4.78 is 0. The summed E-state index contributed by atoms with van der Waals surface area (Å²) in [5, 5.41) is 13.0. The molecule has 0 spiro atoms. The zero-order chi connectivity index (χ0) is 32.0. The number of amides is 1. The summed E-state index contributed by atoms with van der Waals surface area (Å²) in [5.41, 5.74) is 0. The molecule has 0 rings (SSSR count). The quantitative estimate of drug-likeness (QED) is 0.0543. The normalized spacial score (nSPS) is 12.5. The first-order chi connectivity index (χ1) is 21.7. The Kier molecular flexibility index (Phi) is 37.2. The van der Waals surface area contributed by atoms with Gasteiger partial charge in [-0.1, -0.05) is 192 Å².